The maximum absolute atomic E-state index is 12.6. The van der Waals surface area contributed by atoms with Crippen LogP contribution in [-0.4, -0.2) is 46.5 Å². The van der Waals surface area contributed by atoms with Gasteiger partial charge in [0.15, 0.2) is 5.78 Å². The summed E-state index contributed by atoms with van der Waals surface area (Å²) < 4.78 is 0. The Hall–Kier alpha value is -2.71. The van der Waals surface area contributed by atoms with Gasteiger partial charge in [-0.2, -0.15) is 0 Å². The number of aromatic nitrogens is 1. The Kier molecular flexibility index (Phi) is 9.15. The molecule has 188 valence electrons. The number of likely N-dealkylation sites (N-methyl/N-ethyl adjacent to an activating group) is 1. The van der Waals surface area contributed by atoms with E-state index in [0.717, 1.165) is 59.4 Å². The number of benzene rings is 2. The highest BCUT2D eigenvalue weighted by Gasteiger charge is 2.21. The number of halogens is 1. The van der Waals surface area contributed by atoms with Gasteiger partial charge in [-0.25, -0.2) is 0 Å². The molecule has 0 spiro atoms. The molecule has 1 unspecified atom stereocenters. The van der Waals surface area contributed by atoms with Crippen molar-refractivity contribution >= 4 is 28.2 Å². The van der Waals surface area contributed by atoms with Crippen LogP contribution in [0.25, 0.3) is 10.8 Å². The van der Waals surface area contributed by atoms with Gasteiger partial charge in [0.2, 0.25) is 0 Å². The van der Waals surface area contributed by atoms with Crippen molar-refractivity contribution in [2.45, 2.75) is 58.5 Å². The normalized spacial score (nSPS) is 14.0. The van der Waals surface area contributed by atoms with E-state index >= 15 is 0 Å². The number of aliphatic hydroxyl groups is 1. The van der Waals surface area contributed by atoms with Gasteiger partial charge in [0.25, 0.3) is 0 Å². The van der Waals surface area contributed by atoms with Crippen molar-refractivity contribution in [3.63, 3.8) is 0 Å². The zero-order valence-electron chi connectivity index (χ0n) is 21.3. The van der Waals surface area contributed by atoms with Crippen molar-refractivity contribution in [2.24, 2.45) is 5.92 Å². The average Bonchev–Trinajstić information content (AvgIpc) is 3.73. The summed E-state index contributed by atoms with van der Waals surface area (Å²) >= 11 is 6.31. The lowest BCUT2D eigenvalue weighted by Gasteiger charge is -2.21. The molecule has 1 heterocycles. The summed E-state index contributed by atoms with van der Waals surface area (Å²) in [6.07, 6.45) is 6.94. The molecule has 2 aromatic carbocycles. The Morgan fingerprint density at radius 3 is 2.58 bits per heavy atom. The molecular weight excluding hydrogens is 468 g/mol. The molecule has 1 aromatic heterocycles. The Bertz CT molecular complexity index is 1250. The zero-order chi connectivity index (χ0) is 25.5. The average molecular weight is 503 g/mol. The molecule has 4 nitrogen and oxygen atoms in total. The molecule has 0 aliphatic heterocycles. The third-order valence-corrected chi connectivity index (χ3v) is 7.26. The number of aryl methyl sites for hydroxylation is 1. The molecule has 0 radical (unpaired) electrons. The maximum atomic E-state index is 12.6. The number of Topliss-reactive ketones (excluding diaryl/α,β-unsaturated/α-hetero) is 1. The number of pyridine rings is 1. The van der Waals surface area contributed by atoms with Crippen LogP contribution in [0, 0.1) is 17.8 Å². The molecule has 1 saturated carbocycles. The molecule has 0 amide bonds. The number of ketones is 1. The number of hydrogen-bond donors (Lipinski definition) is 1. The number of carbonyl (C=O) groups excluding carboxylic acids is 1. The van der Waals surface area contributed by atoms with Crippen LogP contribution in [0.15, 0.2) is 48.7 Å². The number of nitrogens with zero attached hydrogens (tertiary/aromatic N) is 2. The van der Waals surface area contributed by atoms with Crippen LogP contribution in [0.5, 0.6) is 0 Å². The van der Waals surface area contributed by atoms with Crippen molar-refractivity contribution in [3.05, 3.63) is 76.1 Å². The minimum atomic E-state index is -0.490. The zero-order valence-corrected chi connectivity index (χ0v) is 22.0. The summed E-state index contributed by atoms with van der Waals surface area (Å²) in [6, 6.07) is 13.3. The van der Waals surface area contributed by atoms with Crippen LogP contribution in [0.4, 0.5) is 0 Å². The largest absolute Gasteiger partial charge is 0.392 e. The number of rotatable bonds is 11. The highest BCUT2D eigenvalue weighted by molar-refractivity contribution is 6.31. The highest BCUT2D eigenvalue weighted by atomic mass is 35.5. The lowest BCUT2D eigenvalue weighted by molar-refractivity contribution is 0.0877. The second kappa shape index (κ2) is 12.5. The Balaban J connectivity index is 1.47. The van der Waals surface area contributed by atoms with Gasteiger partial charge in [-0.15, -0.1) is 0 Å². The molecular formula is C31H35ClN2O2. The summed E-state index contributed by atoms with van der Waals surface area (Å²) in [5, 5.41) is 13.0. The van der Waals surface area contributed by atoms with Gasteiger partial charge in [0.05, 0.1) is 17.4 Å². The maximum Gasteiger partial charge on any atom is 0.162 e. The van der Waals surface area contributed by atoms with Gasteiger partial charge in [-0.3, -0.25) is 9.78 Å². The highest BCUT2D eigenvalue weighted by Crippen LogP contribution is 2.34. The van der Waals surface area contributed by atoms with E-state index in [4.69, 9.17) is 16.6 Å². The Morgan fingerprint density at radius 2 is 1.89 bits per heavy atom. The fourth-order valence-corrected chi connectivity index (χ4v) is 4.66. The van der Waals surface area contributed by atoms with E-state index in [1.807, 2.05) is 48.7 Å². The predicted molar refractivity (Wildman–Crippen MR) is 148 cm³/mol. The Labute approximate surface area is 219 Å². The quantitative estimate of drug-likeness (QED) is 0.247. The molecule has 0 bridgehead atoms. The van der Waals surface area contributed by atoms with E-state index in [9.17, 15) is 9.90 Å². The van der Waals surface area contributed by atoms with Crippen LogP contribution < -0.4 is 0 Å². The first-order valence-electron chi connectivity index (χ1n) is 13.1. The number of aliphatic hydroxyl groups excluding tert-OH is 1. The fourth-order valence-electron chi connectivity index (χ4n) is 4.49. The van der Waals surface area contributed by atoms with Gasteiger partial charge in [0.1, 0.15) is 0 Å². The van der Waals surface area contributed by atoms with Crippen molar-refractivity contribution in [2.75, 3.05) is 19.6 Å². The van der Waals surface area contributed by atoms with Gasteiger partial charge in [0, 0.05) is 46.1 Å². The molecule has 36 heavy (non-hydrogen) atoms. The third kappa shape index (κ3) is 7.17. The summed E-state index contributed by atoms with van der Waals surface area (Å²) in [7, 11) is 0. The van der Waals surface area contributed by atoms with Crippen molar-refractivity contribution in [1.82, 2.24) is 9.88 Å². The fraction of sp³-hybridized carbons (Fsp3) is 0.419. The van der Waals surface area contributed by atoms with E-state index in [2.05, 4.69) is 30.6 Å². The third-order valence-electron chi connectivity index (χ3n) is 7.03. The molecule has 1 atom stereocenters. The number of carbonyl (C=O) groups is 1. The molecule has 1 fully saturated rings. The Morgan fingerprint density at radius 1 is 1.14 bits per heavy atom. The summed E-state index contributed by atoms with van der Waals surface area (Å²) in [5.74, 6) is 7.52. The summed E-state index contributed by atoms with van der Waals surface area (Å²) in [4.78, 5) is 19.5. The monoisotopic (exact) mass is 502 g/mol. The second-order valence-electron chi connectivity index (χ2n) is 9.72. The van der Waals surface area contributed by atoms with Crippen LogP contribution in [0.3, 0.4) is 0 Å². The van der Waals surface area contributed by atoms with Crippen molar-refractivity contribution in [1.29, 1.82) is 0 Å². The van der Waals surface area contributed by atoms with Crippen LogP contribution in [0.2, 0.25) is 5.02 Å². The molecule has 1 aliphatic carbocycles. The molecule has 3 aromatic rings. The number of hydrogen-bond acceptors (Lipinski definition) is 4. The van der Waals surface area contributed by atoms with Gasteiger partial charge in [-0.1, -0.05) is 68.3 Å². The standard InChI is InChI=1S/C31H35ClN2O2/c1-3-34(4-2)21-27(35)15-18-31(36)24-11-7-23(8-12-24)9-16-28-29-19-26(32)14-13-25(29)20-33-30(28)17-10-22-5-6-22/h7-8,11-14,19-20,22,27,35H,3-6,10,15,17-18,21H2,1-2H3. The van der Waals surface area contributed by atoms with E-state index in [1.165, 1.54) is 12.8 Å². The topological polar surface area (TPSA) is 53.4 Å². The van der Waals surface area contributed by atoms with E-state index in [-0.39, 0.29) is 5.78 Å². The SMILES string of the molecule is CCN(CC)CC(O)CCC(=O)c1ccc(C#Cc2c(CCC3CC3)ncc3ccc(Cl)cc23)cc1. The molecule has 1 N–H and O–H groups in total. The van der Waals surface area contributed by atoms with Gasteiger partial charge < -0.3 is 10.0 Å². The first-order valence-corrected chi connectivity index (χ1v) is 13.5. The second-order valence-corrected chi connectivity index (χ2v) is 10.2. The first kappa shape index (κ1) is 26.4. The number of fused-ring (bicyclic) bond motifs is 1. The van der Waals surface area contributed by atoms with Gasteiger partial charge in [-0.05, 0) is 62.5 Å². The molecule has 4 rings (SSSR count). The van der Waals surface area contributed by atoms with E-state index in [0.29, 0.717) is 30.0 Å². The van der Waals surface area contributed by atoms with Crippen LogP contribution in [-0.2, 0) is 6.42 Å². The minimum Gasteiger partial charge on any atom is -0.392 e. The summed E-state index contributed by atoms with van der Waals surface area (Å²) in [6.45, 7) is 6.55. The van der Waals surface area contributed by atoms with Crippen molar-refractivity contribution < 1.29 is 9.90 Å². The first-order chi connectivity index (χ1) is 17.5. The van der Waals surface area contributed by atoms with Gasteiger partial charge >= 0.3 is 0 Å². The van der Waals surface area contributed by atoms with E-state index in [1.54, 1.807) is 0 Å². The molecule has 5 heteroatoms. The van der Waals surface area contributed by atoms with Crippen LogP contribution in [0.1, 0.15) is 73.1 Å². The molecule has 1 aliphatic rings. The van der Waals surface area contributed by atoms with Crippen molar-refractivity contribution in [3.8, 4) is 11.8 Å². The minimum absolute atomic E-state index is 0.0448. The van der Waals surface area contributed by atoms with E-state index < -0.39 is 6.10 Å². The lowest BCUT2D eigenvalue weighted by Crippen LogP contribution is -2.32. The molecule has 0 saturated heterocycles. The predicted octanol–water partition coefficient (Wildman–Crippen LogP) is 6.30. The van der Waals surface area contributed by atoms with Crippen LogP contribution >= 0.6 is 11.6 Å². The lowest BCUT2D eigenvalue weighted by atomic mass is 10.00. The summed E-state index contributed by atoms with van der Waals surface area (Å²) in [5.41, 5.74) is 3.47. The smallest absolute Gasteiger partial charge is 0.162 e.